The van der Waals surface area contributed by atoms with E-state index in [0.717, 1.165) is 17.1 Å². The lowest BCUT2D eigenvalue weighted by Crippen LogP contribution is -2.33. The Hall–Kier alpha value is -1.62. The second-order valence-corrected chi connectivity index (χ2v) is 5.29. The highest BCUT2D eigenvalue weighted by Gasteiger charge is 2.30. The van der Waals surface area contributed by atoms with Crippen LogP contribution in [-0.2, 0) is 21.4 Å². The minimum absolute atomic E-state index is 0.0792. The molecule has 0 amide bonds. The summed E-state index contributed by atoms with van der Waals surface area (Å²) in [7, 11) is -4.31. The minimum Gasteiger partial charge on any atom is -0.481 e. The van der Waals surface area contributed by atoms with E-state index < -0.39 is 33.6 Å². The third-order valence-electron chi connectivity index (χ3n) is 1.94. The molecular weight excluding hydrogens is 291 g/mol. The number of aryl methyl sites for hydroxylation is 1. The normalized spacial score (nSPS) is 12.6. The molecule has 2 N–H and O–H groups in total. The van der Waals surface area contributed by atoms with Crippen molar-refractivity contribution in [1.29, 1.82) is 0 Å². The van der Waals surface area contributed by atoms with Gasteiger partial charge >= 0.3 is 12.1 Å². The first kappa shape index (κ1) is 15.4. The van der Waals surface area contributed by atoms with Crippen molar-refractivity contribution in [3.63, 3.8) is 0 Å². The second kappa shape index (κ2) is 5.57. The van der Waals surface area contributed by atoms with Crippen molar-refractivity contribution in [2.75, 3.05) is 6.54 Å². The zero-order valence-electron chi connectivity index (χ0n) is 9.38. The van der Waals surface area contributed by atoms with Crippen LogP contribution >= 0.6 is 0 Å². The number of hydrogen-bond acceptors (Lipinski definition) is 4. The topological polar surface area (TPSA) is 101 Å². The van der Waals surface area contributed by atoms with Crippen LogP contribution in [0.5, 0.6) is 0 Å². The van der Waals surface area contributed by atoms with Crippen molar-refractivity contribution in [2.45, 2.75) is 24.0 Å². The van der Waals surface area contributed by atoms with Crippen molar-refractivity contribution in [3.05, 3.63) is 12.4 Å². The van der Waals surface area contributed by atoms with Gasteiger partial charge in [-0.3, -0.25) is 9.48 Å². The zero-order chi connectivity index (χ0) is 14.7. The van der Waals surface area contributed by atoms with Crippen molar-refractivity contribution < 1.29 is 31.5 Å². The first-order valence-electron chi connectivity index (χ1n) is 4.91. The summed E-state index contributed by atoms with van der Waals surface area (Å²) in [5, 5.41) is 12.0. The molecule has 0 aromatic carbocycles. The lowest BCUT2D eigenvalue weighted by atomic mass is 10.4. The molecule has 0 atom stereocenters. The number of rotatable bonds is 6. The largest absolute Gasteiger partial charge is 0.481 e. The van der Waals surface area contributed by atoms with Crippen LogP contribution in [0, 0.1) is 0 Å². The van der Waals surface area contributed by atoms with Gasteiger partial charge in [0.1, 0.15) is 11.4 Å². The van der Waals surface area contributed by atoms with Crippen molar-refractivity contribution in [3.8, 4) is 0 Å². The Morgan fingerprint density at radius 2 is 2.11 bits per heavy atom. The van der Waals surface area contributed by atoms with E-state index in [0.29, 0.717) is 0 Å². The number of hydrogen-bond donors (Lipinski definition) is 2. The van der Waals surface area contributed by atoms with E-state index in [2.05, 4.69) is 5.10 Å². The molecule has 0 aliphatic rings. The molecule has 11 heteroatoms. The monoisotopic (exact) mass is 301 g/mol. The van der Waals surface area contributed by atoms with Gasteiger partial charge in [-0.25, -0.2) is 13.1 Å². The molecule has 1 heterocycles. The molecule has 0 bridgehead atoms. The van der Waals surface area contributed by atoms with Gasteiger partial charge in [0.2, 0.25) is 10.0 Å². The maximum absolute atomic E-state index is 11.9. The molecule has 19 heavy (non-hydrogen) atoms. The summed E-state index contributed by atoms with van der Waals surface area (Å²) in [5.41, 5.74) is 0. The third-order valence-corrected chi connectivity index (χ3v) is 3.29. The molecule has 0 fully saturated rings. The summed E-state index contributed by atoms with van der Waals surface area (Å²) in [6, 6.07) is 0. The molecule has 0 saturated heterocycles. The number of carboxylic acids is 1. The molecule has 0 unspecified atom stereocenters. The van der Waals surface area contributed by atoms with Gasteiger partial charge < -0.3 is 5.11 Å². The van der Waals surface area contributed by atoms with E-state index >= 15 is 0 Å². The van der Waals surface area contributed by atoms with Gasteiger partial charge in [0.25, 0.3) is 0 Å². The fourth-order valence-electron chi connectivity index (χ4n) is 1.08. The summed E-state index contributed by atoms with van der Waals surface area (Å²) in [6.07, 6.45) is -3.13. The summed E-state index contributed by atoms with van der Waals surface area (Å²) in [5.74, 6) is -1.10. The number of nitrogens with one attached hydrogen (secondary N) is 1. The van der Waals surface area contributed by atoms with E-state index in [-0.39, 0.29) is 13.0 Å². The van der Waals surface area contributed by atoms with Crippen LogP contribution in [-0.4, -0.2) is 42.0 Å². The van der Waals surface area contributed by atoms with Crippen LogP contribution in [0.2, 0.25) is 0 Å². The highest BCUT2D eigenvalue weighted by Crippen LogP contribution is 2.15. The lowest BCUT2D eigenvalue weighted by molar-refractivity contribution is -0.137. The molecule has 0 spiro atoms. The SMILES string of the molecule is O=C(O)CCn1cc(S(=O)(=O)NCC(F)(F)F)cn1. The van der Waals surface area contributed by atoms with Crippen LogP contribution in [0.3, 0.4) is 0 Å². The Labute approximate surface area is 106 Å². The standard InChI is InChI=1S/C8H10F3N3O4S/c9-8(10,11)5-13-19(17,18)6-3-12-14(4-6)2-1-7(15)16/h3-4,13H,1-2,5H2,(H,15,16). The maximum atomic E-state index is 11.9. The molecule has 1 aromatic heterocycles. The Bertz CT molecular complexity index is 552. The number of aliphatic carboxylic acids is 1. The van der Waals surface area contributed by atoms with E-state index in [1.165, 1.54) is 4.72 Å². The fraction of sp³-hybridized carbons (Fsp3) is 0.500. The molecule has 1 aromatic rings. The van der Waals surface area contributed by atoms with Crippen molar-refractivity contribution in [1.82, 2.24) is 14.5 Å². The van der Waals surface area contributed by atoms with Gasteiger partial charge in [-0.05, 0) is 0 Å². The second-order valence-electron chi connectivity index (χ2n) is 3.52. The van der Waals surface area contributed by atoms with E-state index in [1.54, 1.807) is 0 Å². The predicted octanol–water partition coefficient (Wildman–Crippen LogP) is 0.198. The average molecular weight is 301 g/mol. The molecular formula is C8H10F3N3O4S. The van der Waals surface area contributed by atoms with E-state index in [1.807, 2.05) is 0 Å². The van der Waals surface area contributed by atoms with Gasteiger partial charge in [-0.1, -0.05) is 0 Å². The number of nitrogens with zero attached hydrogens (tertiary/aromatic N) is 2. The van der Waals surface area contributed by atoms with Crippen LogP contribution in [0.25, 0.3) is 0 Å². The van der Waals surface area contributed by atoms with Gasteiger partial charge in [0, 0.05) is 6.20 Å². The van der Waals surface area contributed by atoms with E-state index in [4.69, 9.17) is 5.11 Å². The summed E-state index contributed by atoms with van der Waals surface area (Å²) in [4.78, 5) is 9.84. The quantitative estimate of drug-likeness (QED) is 0.781. The van der Waals surface area contributed by atoms with Crippen LogP contribution in [0.15, 0.2) is 17.3 Å². The number of carbonyl (C=O) groups is 1. The molecule has 0 saturated carbocycles. The van der Waals surface area contributed by atoms with Gasteiger partial charge in [0.15, 0.2) is 0 Å². The molecule has 1 rings (SSSR count). The molecule has 7 nitrogen and oxygen atoms in total. The Morgan fingerprint density at radius 1 is 1.47 bits per heavy atom. The molecule has 0 aliphatic heterocycles. The summed E-state index contributed by atoms with van der Waals surface area (Å²) >= 11 is 0. The first-order chi connectivity index (χ1) is 8.60. The molecule has 0 radical (unpaired) electrons. The highest BCUT2D eigenvalue weighted by molar-refractivity contribution is 7.89. The van der Waals surface area contributed by atoms with Crippen molar-refractivity contribution in [2.24, 2.45) is 0 Å². The summed E-state index contributed by atoms with van der Waals surface area (Å²) in [6.45, 7) is -1.76. The summed E-state index contributed by atoms with van der Waals surface area (Å²) < 4.78 is 61.0. The number of alkyl halides is 3. The van der Waals surface area contributed by atoms with Crippen LogP contribution < -0.4 is 4.72 Å². The number of carboxylic acid groups (broad SMARTS) is 1. The predicted molar refractivity (Wildman–Crippen MR) is 55.7 cm³/mol. The van der Waals surface area contributed by atoms with Gasteiger partial charge in [-0.2, -0.15) is 18.3 Å². The number of aromatic nitrogens is 2. The fourth-order valence-corrected chi connectivity index (χ4v) is 2.04. The Morgan fingerprint density at radius 3 is 2.63 bits per heavy atom. The van der Waals surface area contributed by atoms with Crippen molar-refractivity contribution >= 4 is 16.0 Å². The van der Waals surface area contributed by atoms with Gasteiger partial charge in [0.05, 0.1) is 19.2 Å². The molecule has 108 valence electrons. The Kier molecular flexibility index (Phi) is 4.52. The van der Waals surface area contributed by atoms with Crippen LogP contribution in [0.4, 0.5) is 13.2 Å². The lowest BCUT2D eigenvalue weighted by Gasteiger charge is -2.07. The number of sulfonamides is 1. The van der Waals surface area contributed by atoms with Crippen LogP contribution in [0.1, 0.15) is 6.42 Å². The van der Waals surface area contributed by atoms with E-state index in [9.17, 15) is 26.4 Å². The minimum atomic E-state index is -4.66. The third kappa shape index (κ3) is 5.26. The number of halogens is 3. The average Bonchev–Trinajstić information content (AvgIpc) is 2.72. The highest BCUT2D eigenvalue weighted by atomic mass is 32.2. The van der Waals surface area contributed by atoms with Gasteiger partial charge in [-0.15, -0.1) is 0 Å². The molecule has 0 aliphatic carbocycles. The Balaban J connectivity index is 2.71. The maximum Gasteiger partial charge on any atom is 0.402 e. The first-order valence-corrected chi connectivity index (χ1v) is 6.39. The smallest absolute Gasteiger partial charge is 0.402 e. The zero-order valence-corrected chi connectivity index (χ0v) is 10.2.